The van der Waals surface area contributed by atoms with Crippen LogP contribution in [0.25, 0.3) is 0 Å². The first-order chi connectivity index (χ1) is 13.3. The van der Waals surface area contributed by atoms with E-state index in [0.717, 1.165) is 12.2 Å². The highest BCUT2D eigenvalue weighted by atomic mass is 32.2. The maximum Gasteiger partial charge on any atom is 0.246 e. The summed E-state index contributed by atoms with van der Waals surface area (Å²) in [5, 5.41) is 11.3. The van der Waals surface area contributed by atoms with Crippen molar-refractivity contribution < 1.29 is 13.2 Å². The predicted molar refractivity (Wildman–Crippen MR) is 104 cm³/mol. The second kappa shape index (κ2) is 8.04. The largest absolute Gasteiger partial charge is 0.348 e. The van der Waals surface area contributed by atoms with Gasteiger partial charge in [-0.3, -0.25) is 14.2 Å². The van der Waals surface area contributed by atoms with Gasteiger partial charge in [0.25, 0.3) is 0 Å². The van der Waals surface area contributed by atoms with E-state index in [9.17, 15) is 13.2 Å². The molecule has 0 radical (unpaired) electrons. The minimum absolute atomic E-state index is 0.126. The molecule has 10 heteroatoms. The van der Waals surface area contributed by atoms with E-state index < -0.39 is 10.0 Å². The highest BCUT2D eigenvalue weighted by Gasteiger charge is 2.35. The zero-order valence-electron chi connectivity index (χ0n) is 16.8. The van der Waals surface area contributed by atoms with Crippen LogP contribution in [0.4, 0.5) is 0 Å². The Labute approximate surface area is 165 Å². The molecule has 1 aliphatic heterocycles. The van der Waals surface area contributed by atoms with E-state index in [0.29, 0.717) is 25.1 Å². The Hall–Kier alpha value is -2.20. The molecule has 1 saturated heterocycles. The van der Waals surface area contributed by atoms with Crippen molar-refractivity contribution in [2.75, 3.05) is 13.1 Å². The molecule has 0 unspecified atom stereocenters. The second-order valence-electron chi connectivity index (χ2n) is 7.22. The topological polar surface area (TPSA) is 102 Å². The van der Waals surface area contributed by atoms with E-state index in [4.69, 9.17) is 0 Å². The van der Waals surface area contributed by atoms with Crippen molar-refractivity contribution in [2.24, 2.45) is 13.0 Å². The number of nitrogens with zero attached hydrogens (tertiary/aromatic N) is 5. The van der Waals surface area contributed by atoms with Gasteiger partial charge in [-0.2, -0.15) is 14.5 Å². The maximum atomic E-state index is 13.0. The number of piperidine rings is 1. The molecule has 0 bridgehead atoms. The Kier molecular flexibility index (Phi) is 5.90. The van der Waals surface area contributed by atoms with Crippen molar-refractivity contribution in [1.29, 1.82) is 0 Å². The molecule has 9 nitrogen and oxygen atoms in total. The third kappa shape index (κ3) is 3.83. The van der Waals surface area contributed by atoms with Gasteiger partial charge in [0.1, 0.15) is 4.90 Å². The van der Waals surface area contributed by atoms with Gasteiger partial charge in [-0.05, 0) is 39.7 Å². The summed E-state index contributed by atoms with van der Waals surface area (Å²) in [6.45, 7) is 6.96. The van der Waals surface area contributed by atoms with Gasteiger partial charge in [-0.15, -0.1) is 0 Å². The molecule has 0 aliphatic carbocycles. The summed E-state index contributed by atoms with van der Waals surface area (Å²) in [4.78, 5) is 13.0. The van der Waals surface area contributed by atoms with Crippen LogP contribution in [-0.4, -0.2) is 51.3 Å². The average Bonchev–Trinajstić information content (AvgIpc) is 3.29. The molecule has 1 aliphatic rings. The number of hydrogen-bond acceptors (Lipinski definition) is 5. The third-order valence-corrected chi connectivity index (χ3v) is 7.38. The third-order valence-electron chi connectivity index (χ3n) is 5.41. The Bertz CT molecular complexity index is 948. The van der Waals surface area contributed by atoms with E-state index >= 15 is 0 Å². The fraction of sp³-hybridized carbons (Fsp3) is 0.611. The van der Waals surface area contributed by atoms with Crippen LogP contribution in [-0.2, 0) is 28.4 Å². The molecular formula is C18H28N6O3S. The lowest BCUT2D eigenvalue weighted by molar-refractivity contribution is -0.126. The van der Waals surface area contributed by atoms with Crippen LogP contribution >= 0.6 is 0 Å². The summed E-state index contributed by atoms with van der Waals surface area (Å²) >= 11 is 0. The molecular weight excluding hydrogens is 380 g/mol. The lowest BCUT2D eigenvalue weighted by Gasteiger charge is -2.31. The van der Waals surface area contributed by atoms with Crippen LogP contribution in [0.1, 0.15) is 44.1 Å². The molecule has 0 aromatic carbocycles. The highest BCUT2D eigenvalue weighted by molar-refractivity contribution is 7.89. The van der Waals surface area contributed by atoms with E-state index in [1.165, 1.54) is 10.5 Å². The molecule has 2 aromatic heterocycles. The summed E-state index contributed by atoms with van der Waals surface area (Å²) in [6.07, 6.45) is 4.41. The van der Waals surface area contributed by atoms with Crippen LogP contribution in [0.15, 0.2) is 23.4 Å². The summed E-state index contributed by atoms with van der Waals surface area (Å²) in [5.74, 6) is -0.500. The molecule has 1 N–H and O–H groups in total. The van der Waals surface area contributed by atoms with Crippen molar-refractivity contribution in [3.05, 3.63) is 29.8 Å². The van der Waals surface area contributed by atoms with Crippen molar-refractivity contribution in [1.82, 2.24) is 29.2 Å². The van der Waals surface area contributed by atoms with Crippen LogP contribution < -0.4 is 5.32 Å². The summed E-state index contributed by atoms with van der Waals surface area (Å²) in [5.41, 5.74) is 1.52. The standard InChI is InChI=1S/C18H28N6O3S/c1-5-24-16(8-9-19-24)13(2)21-18(25)15-7-6-10-23(12-15)28(26,27)17-11-20-22(4)14(17)3/h8-9,11,13,15H,5-7,10,12H2,1-4H3,(H,21,25)/t13-,15-/m0/s1. The predicted octanol–water partition coefficient (Wildman–Crippen LogP) is 1.22. The fourth-order valence-electron chi connectivity index (χ4n) is 3.63. The number of aromatic nitrogens is 4. The minimum atomic E-state index is -3.66. The number of sulfonamides is 1. The number of amides is 1. The monoisotopic (exact) mass is 408 g/mol. The van der Waals surface area contributed by atoms with E-state index in [2.05, 4.69) is 15.5 Å². The Balaban J connectivity index is 1.70. The molecule has 0 spiro atoms. The summed E-state index contributed by atoms with van der Waals surface area (Å²) < 4.78 is 30.8. The first-order valence-electron chi connectivity index (χ1n) is 9.56. The van der Waals surface area contributed by atoms with Gasteiger partial charge in [-0.25, -0.2) is 8.42 Å². The van der Waals surface area contributed by atoms with Gasteiger partial charge in [0.15, 0.2) is 0 Å². The molecule has 2 aromatic rings. The number of aryl methyl sites for hydroxylation is 2. The highest BCUT2D eigenvalue weighted by Crippen LogP contribution is 2.26. The molecule has 1 fully saturated rings. The van der Waals surface area contributed by atoms with Crippen molar-refractivity contribution in [3.8, 4) is 0 Å². The smallest absolute Gasteiger partial charge is 0.246 e. The van der Waals surface area contributed by atoms with Crippen LogP contribution in [0, 0.1) is 12.8 Å². The second-order valence-corrected chi connectivity index (χ2v) is 9.13. The van der Waals surface area contributed by atoms with Crippen molar-refractivity contribution in [2.45, 2.75) is 51.1 Å². The number of rotatable bonds is 6. The zero-order valence-corrected chi connectivity index (χ0v) is 17.6. The Morgan fingerprint density at radius 2 is 2.14 bits per heavy atom. The number of nitrogens with one attached hydrogen (secondary N) is 1. The Morgan fingerprint density at radius 3 is 2.79 bits per heavy atom. The summed E-state index contributed by atoms with van der Waals surface area (Å²) in [6, 6.07) is 1.69. The first kappa shape index (κ1) is 20.5. The van der Waals surface area contributed by atoms with Gasteiger partial charge in [0, 0.05) is 32.9 Å². The lowest BCUT2D eigenvalue weighted by atomic mass is 9.98. The fourth-order valence-corrected chi connectivity index (χ4v) is 5.34. The van der Waals surface area contributed by atoms with E-state index in [1.54, 1.807) is 24.9 Å². The number of hydrogen-bond donors (Lipinski definition) is 1. The SMILES string of the molecule is CCn1nccc1[C@H](C)NC(=O)[C@H]1CCCN(S(=O)(=O)c2cnn(C)c2C)C1. The first-order valence-corrected chi connectivity index (χ1v) is 11.0. The van der Waals surface area contributed by atoms with Crippen molar-refractivity contribution >= 4 is 15.9 Å². The van der Waals surface area contributed by atoms with Gasteiger partial charge >= 0.3 is 0 Å². The molecule has 1 amide bonds. The van der Waals surface area contributed by atoms with Gasteiger partial charge in [0.2, 0.25) is 15.9 Å². The molecule has 28 heavy (non-hydrogen) atoms. The molecule has 154 valence electrons. The average molecular weight is 409 g/mol. The normalized spacial score (nSPS) is 19.5. The van der Waals surface area contributed by atoms with Crippen molar-refractivity contribution in [3.63, 3.8) is 0 Å². The Morgan fingerprint density at radius 1 is 1.39 bits per heavy atom. The van der Waals surface area contributed by atoms with Crippen LogP contribution in [0.2, 0.25) is 0 Å². The van der Waals surface area contributed by atoms with Gasteiger partial charge in [-0.1, -0.05) is 0 Å². The van der Waals surface area contributed by atoms with E-state index in [1.807, 2.05) is 24.6 Å². The van der Waals surface area contributed by atoms with Gasteiger partial charge in [0.05, 0.1) is 29.5 Å². The van der Waals surface area contributed by atoms with Crippen LogP contribution in [0.5, 0.6) is 0 Å². The molecule has 3 heterocycles. The zero-order chi connectivity index (χ0) is 20.5. The van der Waals surface area contributed by atoms with Gasteiger partial charge < -0.3 is 5.32 Å². The quantitative estimate of drug-likeness (QED) is 0.774. The van der Waals surface area contributed by atoms with Crippen LogP contribution in [0.3, 0.4) is 0 Å². The van der Waals surface area contributed by atoms with E-state index in [-0.39, 0.29) is 29.3 Å². The maximum absolute atomic E-state index is 13.0. The number of carbonyl (C=O) groups excluding carboxylic acids is 1. The minimum Gasteiger partial charge on any atom is -0.348 e. The summed E-state index contributed by atoms with van der Waals surface area (Å²) in [7, 11) is -1.95. The molecule has 0 saturated carbocycles. The molecule has 3 rings (SSSR count). The lowest BCUT2D eigenvalue weighted by Crippen LogP contribution is -2.46. The molecule has 2 atom stereocenters. The number of carbonyl (C=O) groups is 1.